The van der Waals surface area contributed by atoms with Gasteiger partial charge in [-0.15, -0.1) is 0 Å². The van der Waals surface area contributed by atoms with Crippen LogP contribution < -0.4 is 5.73 Å². The van der Waals surface area contributed by atoms with E-state index in [1.54, 1.807) is 0 Å². The molecule has 1 heterocycles. The van der Waals surface area contributed by atoms with Crippen LogP contribution in [-0.2, 0) is 16.0 Å². The normalized spacial score (nSPS) is 21.3. The van der Waals surface area contributed by atoms with E-state index in [4.69, 9.17) is 10.5 Å². The third-order valence-electron chi connectivity index (χ3n) is 2.91. The highest BCUT2D eigenvalue weighted by Gasteiger charge is 2.21. The number of carbonyl (C=O) groups is 1. The van der Waals surface area contributed by atoms with Crippen molar-refractivity contribution in [3.05, 3.63) is 35.9 Å². The highest BCUT2D eigenvalue weighted by Crippen LogP contribution is 2.11. The number of carbonyl (C=O) groups excluding carboxylic acids is 1. The van der Waals surface area contributed by atoms with Crippen LogP contribution in [0.15, 0.2) is 30.3 Å². The molecule has 1 amide bonds. The molecule has 1 unspecified atom stereocenters. The van der Waals surface area contributed by atoms with Gasteiger partial charge in [0, 0.05) is 13.1 Å². The molecule has 0 spiro atoms. The summed E-state index contributed by atoms with van der Waals surface area (Å²) in [5.41, 5.74) is 6.46. The van der Waals surface area contributed by atoms with Crippen LogP contribution in [0.25, 0.3) is 0 Å². The standard InChI is InChI=1S/C13H18N2O2/c14-13(16)10-15-6-7-17-12(9-15)8-11-4-2-1-3-5-11/h1-5,12H,6-10H2,(H2,14,16). The molecule has 1 aliphatic heterocycles. The molecule has 1 aromatic carbocycles. The quantitative estimate of drug-likeness (QED) is 0.821. The fourth-order valence-corrected chi connectivity index (χ4v) is 2.14. The van der Waals surface area contributed by atoms with Crippen LogP contribution in [-0.4, -0.2) is 43.2 Å². The molecule has 0 radical (unpaired) electrons. The zero-order valence-electron chi connectivity index (χ0n) is 9.84. The molecule has 0 aromatic heterocycles. The van der Waals surface area contributed by atoms with Crippen LogP contribution in [0.3, 0.4) is 0 Å². The topological polar surface area (TPSA) is 55.6 Å². The third kappa shape index (κ3) is 3.84. The molecule has 1 aliphatic rings. The monoisotopic (exact) mass is 234 g/mol. The Kier molecular flexibility index (Phi) is 4.12. The fourth-order valence-electron chi connectivity index (χ4n) is 2.14. The molecule has 1 atom stereocenters. The minimum atomic E-state index is -0.273. The van der Waals surface area contributed by atoms with Crippen molar-refractivity contribution >= 4 is 5.91 Å². The second-order valence-corrected chi connectivity index (χ2v) is 4.38. The molecular formula is C13H18N2O2. The van der Waals surface area contributed by atoms with Crippen molar-refractivity contribution in [2.75, 3.05) is 26.2 Å². The fraction of sp³-hybridized carbons (Fsp3) is 0.462. The lowest BCUT2D eigenvalue weighted by Crippen LogP contribution is -2.46. The Morgan fingerprint density at radius 1 is 1.41 bits per heavy atom. The van der Waals surface area contributed by atoms with Crippen LogP contribution in [0.1, 0.15) is 5.56 Å². The van der Waals surface area contributed by atoms with Gasteiger partial charge in [-0.05, 0) is 12.0 Å². The summed E-state index contributed by atoms with van der Waals surface area (Å²) in [7, 11) is 0. The van der Waals surface area contributed by atoms with Gasteiger partial charge in [-0.1, -0.05) is 30.3 Å². The molecule has 0 saturated carbocycles. The SMILES string of the molecule is NC(=O)CN1CCOC(Cc2ccccc2)C1. The molecular weight excluding hydrogens is 216 g/mol. The number of ether oxygens (including phenoxy) is 1. The van der Waals surface area contributed by atoms with E-state index in [1.165, 1.54) is 5.56 Å². The molecule has 1 fully saturated rings. The van der Waals surface area contributed by atoms with E-state index in [2.05, 4.69) is 17.0 Å². The first-order valence-electron chi connectivity index (χ1n) is 5.90. The van der Waals surface area contributed by atoms with Crippen molar-refractivity contribution in [3.8, 4) is 0 Å². The second kappa shape index (κ2) is 5.80. The maximum Gasteiger partial charge on any atom is 0.231 e. The molecule has 0 bridgehead atoms. The molecule has 2 N–H and O–H groups in total. The van der Waals surface area contributed by atoms with Crippen molar-refractivity contribution in [1.82, 2.24) is 4.90 Å². The Morgan fingerprint density at radius 2 is 2.18 bits per heavy atom. The van der Waals surface area contributed by atoms with Gasteiger partial charge in [-0.3, -0.25) is 9.69 Å². The number of nitrogens with zero attached hydrogens (tertiary/aromatic N) is 1. The van der Waals surface area contributed by atoms with Gasteiger partial charge < -0.3 is 10.5 Å². The predicted molar refractivity (Wildman–Crippen MR) is 65.5 cm³/mol. The number of nitrogens with two attached hydrogens (primary N) is 1. The van der Waals surface area contributed by atoms with Gasteiger partial charge in [-0.2, -0.15) is 0 Å². The highest BCUT2D eigenvalue weighted by molar-refractivity contribution is 5.75. The van der Waals surface area contributed by atoms with Gasteiger partial charge in [0.1, 0.15) is 0 Å². The third-order valence-corrected chi connectivity index (χ3v) is 2.91. The number of hydrogen-bond acceptors (Lipinski definition) is 3. The largest absolute Gasteiger partial charge is 0.375 e. The number of rotatable bonds is 4. The minimum Gasteiger partial charge on any atom is -0.375 e. The summed E-state index contributed by atoms with van der Waals surface area (Å²) in [5, 5.41) is 0. The second-order valence-electron chi connectivity index (χ2n) is 4.38. The van der Waals surface area contributed by atoms with Crippen LogP contribution in [0.5, 0.6) is 0 Å². The van der Waals surface area contributed by atoms with Gasteiger partial charge >= 0.3 is 0 Å². The highest BCUT2D eigenvalue weighted by atomic mass is 16.5. The summed E-state index contributed by atoms with van der Waals surface area (Å²) < 4.78 is 5.70. The smallest absolute Gasteiger partial charge is 0.231 e. The molecule has 1 saturated heterocycles. The van der Waals surface area contributed by atoms with Crippen molar-refractivity contribution in [1.29, 1.82) is 0 Å². The van der Waals surface area contributed by atoms with Crippen molar-refractivity contribution in [3.63, 3.8) is 0 Å². The molecule has 2 rings (SSSR count). The summed E-state index contributed by atoms with van der Waals surface area (Å²) in [4.78, 5) is 12.9. The number of hydrogen-bond donors (Lipinski definition) is 1. The number of morpholine rings is 1. The molecule has 0 aliphatic carbocycles. The Morgan fingerprint density at radius 3 is 2.88 bits per heavy atom. The van der Waals surface area contributed by atoms with E-state index in [0.29, 0.717) is 13.2 Å². The van der Waals surface area contributed by atoms with Crippen molar-refractivity contribution < 1.29 is 9.53 Å². The lowest BCUT2D eigenvalue weighted by atomic mass is 10.1. The predicted octanol–water partition coefficient (Wildman–Crippen LogP) is 0.415. The maximum atomic E-state index is 10.9. The summed E-state index contributed by atoms with van der Waals surface area (Å²) in [5.74, 6) is -0.273. The molecule has 17 heavy (non-hydrogen) atoms. The first-order valence-corrected chi connectivity index (χ1v) is 5.90. The van der Waals surface area contributed by atoms with Crippen molar-refractivity contribution in [2.45, 2.75) is 12.5 Å². The summed E-state index contributed by atoms with van der Waals surface area (Å²) in [6, 6.07) is 10.2. The number of primary amides is 1. The van der Waals surface area contributed by atoms with E-state index in [1.807, 2.05) is 18.2 Å². The first-order chi connectivity index (χ1) is 8.24. The maximum absolute atomic E-state index is 10.9. The molecule has 1 aromatic rings. The van der Waals surface area contributed by atoms with Crippen LogP contribution in [0.4, 0.5) is 0 Å². The number of benzene rings is 1. The molecule has 4 nitrogen and oxygen atoms in total. The van der Waals surface area contributed by atoms with E-state index in [-0.39, 0.29) is 12.0 Å². The van der Waals surface area contributed by atoms with Crippen LogP contribution in [0, 0.1) is 0 Å². The zero-order valence-corrected chi connectivity index (χ0v) is 9.84. The van der Waals surface area contributed by atoms with E-state index in [0.717, 1.165) is 19.5 Å². The first kappa shape index (κ1) is 12.1. The lowest BCUT2D eigenvalue weighted by Gasteiger charge is -2.32. The van der Waals surface area contributed by atoms with Gasteiger partial charge in [0.2, 0.25) is 5.91 Å². The number of amides is 1. The van der Waals surface area contributed by atoms with Crippen LogP contribution >= 0.6 is 0 Å². The summed E-state index contributed by atoms with van der Waals surface area (Å²) in [6.07, 6.45) is 1.04. The Labute approximate surface area is 101 Å². The van der Waals surface area contributed by atoms with E-state index < -0.39 is 0 Å². The van der Waals surface area contributed by atoms with Gasteiger partial charge in [-0.25, -0.2) is 0 Å². The Hall–Kier alpha value is -1.39. The van der Waals surface area contributed by atoms with Gasteiger partial charge in [0.05, 0.1) is 19.3 Å². The average molecular weight is 234 g/mol. The zero-order chi connectivity index (χ0) is 12.1. The minimum absolute atomic E-state index is 0.158. The van der Waals surface area contributed by atoms with E-state index in [9.17, 15) is 4.79 Å². The molecule has 4 heteroatoms. The van der Waals surface area contributed by atoms with Gasteiger partial charge in [0.15, 0.2) is 0 Å². The molecule has 92 valence electrons. The Bertz CT molecular complexity index is 367. The van der Waals surface area contributed by atoms with Crippen molar-refractivity contribution in [2.24, 2.45) is 5.73 Å². The summed E-state index contributed by atoms with van der Waals surface area (Å²) in [6.45, 7) is 2.56. The summed E-state index contributed by atoms with van der Waals surface area (Å²) >= 11 is 0. The van der Waals surface area contributed by atoms with E-state index >= 15 is 0 Å². The van der Waals surface area contributed by atoms with Crippen LogP contribution in [0.2, 0.25) is 0 Å². The lowest BCUT2D eigenvalue weighted by molar-refractivity contribution is -0.121. The Balaban J connectivity index is 1.87. The van der Waals surface area contributed by atoms with Gasteiger partial charge in [0.25, 0.3) is 0 Å². The average Bonchev–Trinajstić information content (AvgIpc) is 2.30.